The molecule has 1 nitrogen and oxygen atoms in total. The van der Waals surface area contributed by atoms with Crippen molar-refractivity contribution in [2.45, 2.75) is 38.7 Å². The highest BCUT2D eigenvalue weighted by Gasteiger charge is 2.18. The molecule has 1 N–H and O–H groups in total. The first-order valence-corrected chi connectivity index (χ1v) is 5.20. The van der Waals surface area contributed by atoms with Crippen molar-refractivity contribution in [2.24, 2.45) is 0 Å². The summed E-state index contributed by atoms with van der Waals surface area (Å²) < 4.78 is 24.3. The first-order chi connectivity index (χ1) is 7.15. The predicted molar refractivity (Wildman–Crippen MR) is 56.0 cm³/mol. The minimum absolute atomic E-state index is 0.283. The van der Waals surface area contributed by atoms with Crippen LogP contribution in [0.3, 0.4) is 0 Å². The molecule has 0 heterocycles. The van der Waals surface area contributed by atoms with Gasteiger partial charge < -0.3 is 5.11 Å². The van der Waals surface area contributed by atoms with Gasteiger partial charge in [0, 0.05) is 0 Å². The van der Waals surface area contributed by atoms with E-state index < -0.39 is 12.5 Å². The molecular weight excluding hydrogens is 198 g/mol. The van der Waals surface area contributed by atoms with E-state index in [1.54, 1.807) is 24.3 Å². The van der Waals surface area contributed by atoms with Gasteiger partial charge in [-0.1, -0.05) is 37.6 Å². The molecule has 1 atom stereocenters. The molecule has 1 aromatic carbocycles. The average Bonchev–Trinajstić information content (AvgIpc) is 2.26. The Bertz CT molecular complexity index is 282. The molecule has 0 aliphatic rings. The van der Waals surface area contributed by atoms with Crippen molar-refractivity contribution >= 4 is 0 Å². The summed E-state index contributed by atoms with van der Waals surface area (Å²) in [6.45, 7) is 2.11. The number of hydrogen-bond donors (Lipinski definition) is 1. The van der Waals surface area contributed by atoms with E-state index in [0.717, 1.165) is 24.8 Å². The average molecular weight is 214 g/mol. The highest BCUT2D eigenvalue weighted by molar-refractivity contribution is 5.24. The van der Waals surface area contributed by atoms with Crippen LogP contribution >= 0.6 is 0 Å². The number of hydrogen-bond acceptors (Lipinski definition) is 1. The van der Waals surface area contributed by atoms with Crippen LogP contribution in [0.15, 0.2) is 24.3 Å². The standard InChI is InChI=1S/C12H16F2O/c1-2-3-4-9-5-7-10(8-6-9)11(15)12(13)14/h5-8,11-12,15H,2-4H2,1H3. The lowest BCUT2D eigenvalue weighted by Gasteiger charge is -2.10. The van der Waals surface area contributed by atoms with Crippen LogP contribution in [0, 0.1) is 0 Å². The van der Waals surface area contributed by atoms with Gasteiger partial charge in [-0.25, -0.2) is 8.78 Å². The summed E-state index contributed by atoms with van der Waals surface area (Å²) in [6.07, 6.45) is -1.21. The van der Waals surface area contributed by atoms with E-state index in [0.29, 0.717) is 0 Å². The lowest BCUT2D eigenvalue weighted by Crippen LogP contribution is -2.07. The van der Waals surface area contributed by atoms with Crippen LogP contribution in [0.2, 0.25) is 0 Å². The van der Waals surface area contributed by atoms with Gasteiger partial charge in [0.1, 0.15) is 6.10 Å². The third-order valence-electron chi connectivity index (χ3n) is 2.38. The van der Waals surface area contributed by atoms with E-state index in [1.165, 1.54) is 0 Å². The van der Waals surface area contributed by atoms with Gasteiger partial charge in [0.25, 0.3) is 6.43 Å². The lowest BCUT2D eigenvalue weighted by atomic mass is 10.0. The van der Waals surface area contributed by atoms with Crippen LogP contribution in [0.5, 0.6) is 0 Å². The van der Waals surface area contributed by atoms with Gasteiger partial charge in [-0.2, -0.15) is 0 Å². The maximum absolute atomic E-state index is 12.2. The van der Waals surface area contributed by atoms with Gasteiger partial charge in [-0.15, -0.1) is 0 Å². The summed E-state index contributed by atoms with van der Waals surface area (Å²) in [5.74, 6) is 0. The first kappa shape index (κ1) is 12.1. The molecular formula is C12H16F2O. The second-order valence-electron chi connectivity index (χ2n) is 3.62. The van der Waals surface area contributed by atoms with Gasteiger partial charge in [0.15, 0.2) is 0 Å². The Morgan fingerprint density at radius 1 is 1.20 bits per heavy atom. The molecule has 0 aromatic heterocycles. The quantitative estimate of drug-likeness (QED) is 0.797. The predicted octanol–water partition coefficient (Wildman–Crippen LogP) is 3.33. The Morgan fingerprint density at radius 3 is 2.27 bits per heavy atom. The molecule has 0 spiro atoms. The monoisotopic (exact) mass is 214 g/mol. The highest BCUT2D eigenvalue weighted by Crippen LogP contribution is 2.20. The van der Waals surface area contributed by atoms with E-state index in [4.69, 9.17) is 5.11 Å². The van der Waals surface area contributed by atoms with E-state index in [9.17, 15) is 8.78 Å². The van der Waals surface area contributed by atoms with Crippen LogP contribution in [0.1, 0.15) is 37.0 Å². The maximum Gasteiger partial charge on any atom is 0.268 e. The van der Waals surface area contributed by atoms with Crippen molar-refractivity contribution in [1.29, 1.82) is 0 Å². The Morgan fingerprint density at radius 2 is 1.80 bits per heavy atom. The molecule has 0 aliphatic carbocycles. The molecule has 0 saturated carbocycles. The zero-order chi connectivity index (χ0) is 11.3. The minimum Gasteiger partial charge on any atom is -0.382 e. The molecule has 1 rings (SSSR count). The molecule has 1 aromatic rings. The van der Waals surface area contributed by atoms with Crippen molar-refractivity contribution in [3.05, 3.63) is 35.4 Å². The number of halogens is 2. The van der Waals surface area contributed by atoms with Gasteiger partial charge in [0.05, 0.1) is 0 Å². The topological polar surface area (TPSA) is 20.2 Å². The minimum atomic E-state index is -2.72. The molecule has 15 heavy (non-hydrogen) atoms. The molecule has 0 amide bonds. The number of unbranched alkanes of at least 4 members (excludes halogenated alkanes) is 1. The van der Waals surface area contributed by atoms with Gasteiger partial charge in [0.2, 0.25) is 0 Å². The molecule has 0 bridgehead atoms. The zero-order valence-corrected chi connectivity index (χ0v) is 8.79. The summed E-state index contributed by atoms with van der Waals surface area (Å²) in [7, 11) is 0. The summed E-state index contributed by atoms with van der Waals surface area (Å²) in [4.78, 5) is 0. The molecule has 84 valence electrons. The second kappa shape index (κ2) is 5.81. The first-order valence-electron chi connectivity index (χ1n) is 5.20. The van der Waals surface area contributed by atoms with Gasteiger partial charge in [-0.05, 0) is 24.0 Å². The van der Waals surface area contributed by atoms with Crippen LogP contribution in [-0.4, -0.2) is 11.5 Å². The van der Waals surface area contributed by atoms with Crippen LogP contribution in [-0.2, 0) is 6.42 Å². The van der Waals surface area contributed by atoms with Crippen LogP contribution in [0.25, 0.3) is 0 Å². The summed E-state index contributed by atoms with van der Waals surface area (Å²) >= 11 is 0. The lowest BCUT2D eigenvalue weighted by molar-refractivity contribution is -0.00578. The second-order valence-corrected chi connectivity index (χ2v) is 3.62. The number of benzene rings is 1. The Kier molecular flexibility index (Phi) is 4.69. The van der Waals surface area contributed by atoms with Gasteiger partial charge >= 0.3 is 0 Å². The fourth-order valence-corrected chi connectivity index (χ4v) is 1.41. The molecule has 3 heteroatoms. The SMILES string of the molecule is CCCCc1ccc(C(O)C(F)F)cc1. The number of alkyl halides is 2. The van der Waals surface area contributed by atoms with Gasteiger partial charge in [-0.3, -0.25) is 0 Å². The van der Waals surface area contributed by atoms with Crippen molar-refractivity contribution in [3.63, 3.8) is 0 Å². The third kappa shape index (κ3) is 3.59. The number of rotatable bonds is 5. The van der Waals surface area contributed by atoms with Crippen molar-refractivity contribution in [3.8, 4) is 0 Å². The van der Waals surface area contributed by atoms with E-state index in [2.05, 4.69) is 6.92 Å². The number of aliphatic hydroxyl groups excluding tert-OH is 1. The Balaban J connectivity index is 2.63. The fraction of sp³-hybridized carbons (Fsp3) is 0.500. The Labute approximate surface area is 88.7 Å². The van der Waals surface area contributed by atoms with E-state index >= 15 is 0 Å². The summed E-state index contributed by atoms with van der Waals surface area (Å²) in [5.41, 5.74) is 1.41. The smallest absolute Gasteiger partial charge is 0.268 e. The van der Waals surface area contributed by atoms with E-state index in [1.807, 2.05) is 0 Å². The molecule has 0 aliphatic heterocycles. The summed E-state index contributed by atoms with van der Waals surface area (Å²) in [6, 6.07) is 6.75. The molecule has 1 unspecified atom stereocenters. The molecule has 0 radical (unpaired) electrons. The Hall–Kier alpha value is -0.960. The van der Waals surface area contributed by atoms with Crippen molar-refractivity contribution in [2.75, 3.05) is 0 Å². The normalized spacial score (nSPS) is 13.1. The van der Waals surface area contributed by atoms with Crippen LogP contribution in [0.4, 0.5) is 8.78 Å². The van der Waals surface area contributed by atoms with E-state index in [-0.39, 0.29) is 5.56 Å². The highest BCUT2D eigenvalue weighted by atomic mass is 19.3. The molecule has 0 fully saturated rings. The van der Waals surface area contributed by atoms with Crippen molar-refractivity contribution < 1.29 is 13.9 Å². The number of aryl methyl sites for hydroxylation is 1. The fourth-order valence-electron chi connectivity index (χ4n) is 1.41. The number of aliphatic hydroxyl groups is 1. The molecule has 0 saturated heterocycles. The third-order valence-corrected chi connectivity index (χ3v) is 2.38. The van der Waals surface area contributed by atoms with Crippen LogP contribution < -0.4 is 0 Å². The summed E-state index contributed by atoms with van der Waals surface area (Å²) in [5, 5.41) is 9.11. The largest absolute Gasteiger partial charge is 0.382 e. The zero-order valence-electron chi connectivity index (χ0n) is 8.79. The maximum atomic E-state index is 12.2. The van der Waals surface area contributed by atoms with Crippen molar-refractivity contribution in [1.82, 2.24) is 0 Å².